The molecule has 0 amide bonds. The summed E-state index contributed by atoms with van der Waals surface area (Å²) in [4.78, 5) is 4.34. The van der Waals surface area contributed by atoms with Crippen LogP contribution in [-0.2, 0) is 16.0 Å². The number of hydrogen-bond donors (Lipinski definition) is 2. The Morgan fingerprint density at radius 3 is 3.09 bits per heavy atom. The normalized spacial score (nSPS) is 26.7. The Balaban J connectivity index is 1.54. The Kier molecular flexibility index (Phi) is 4.89. The van der Waals surface area contributed by atoms with Crippen LogP contribution in [0.15, 0.2) is 11.2 Å². The van der Waals surface area contributed by atoms with Crippen molar-refractivity contribution in [2.45, 2.75) is 50.4 Å². The molecule has 3 rings (SSSR count). The van der Waals surface area contributed by atoms with Crippen molar-refractivity contribution >= 4 is 5.96 Å². The zero-order chi connectivity index (χ0) is 15.4. The molecule has 122 valence electrons. The van der Waals surface area contributed by atoms with E-state index in [0.29, 0.717) is 31.8 Å². The quantitative estimate of drug-likeness (QED) is 0.596. The van der Waals surface area contributed by atoms with Gasteiger partial charge in [-0.25, -0.2) is 9.67 Å². The van der Waals surface area contributed by atoms with E-state index in [0.717, 1.165) is 5.69 Å². The molecule has 1 aromatic heterocycles. The van der Waals surface area contributed by atoms with E-state index in [1.54, 1.807) is 11.8 Å². The first kappa shape index (κ1) is 15.2. The van der Waals surface area contributed by atoms with Crippen LogP contribution in [0.1, 0.15) is 37.4 Å². The first-order valence-corrected chi connectivity index (χ1v) is 7.84. The first-order valence-electron chi connectivity index (χ1n) is 7.84. The number of guanidine groups is 1. The second kappa shape index (κ2) is 7.06. The topological polar surface area (TPSA) is 99.6 Å². The number of rotatable bonds is 5. The molecule has 8 nitrogen and oxygen atoms in total. The summed E-state index contributed by atoms with van der Waals surface area (Å²) in [5, 5.41) is 11.6. The Morgan fingerprint density at radius 2 is 2.32 bits per heavy atom. The maximum atomic E-state index is 5.92. The summed E-state index contributed by atoms with van der Waals surface area (Å²) in [6, 6.07) is 0.543. The molecule has 0 radical (unpaired) electrons. The number of ether oxygens (including phenoxy) is 2. The van der Waals surface area contributed by atoms with Crippen molar-refractivity contribution in [1.29, 1.82) is 0 Å². The van der Waals surface area contributed by atoms with E-state index in [1.807, 2.05) is 6.20 Å². The molecule has 2 aliphatic rings. The van der Waals surface area contributed by atoms with Crippen molar-refractivity contribution in [2.75, 3.05) is 20.3 Å². The lowest BCUT2D eigenvalue weighted by molar-refractivity contribution is 0.0661. The summed E-state index contributed by atoms with van der Waals surface area (Å²) in [6.45, 7) is 1.61. The van der Waals surface area contributed by atoms with E-state index in [9.17, 15) is 0 Å². The highest BCUT2D eigenvalue weighted by Gasteiger charge is 2.30. The maximum absolute atomic E-state index is 5.92. The Hall–Kier alpha value is -1.67. The second-order valence-corrected chi connectivity index (χ2v) is 5.90. The first-order chi connectivity index (χ1) is 10.8. The van der Waals surface area contributed by atoms with Gasteiger partial charge in [-0.05, 0) is 12.8 Å². The molecular weight excluding hydrogens is 284 g/mol. The predicted molar refractivity (Wildman–Crippen MR) is 81.4 cm³/mol. The molecule has 1 aliphatic carbocycles. The fourth-order valence-electron chi connectivity index (χ4n) is 3.03. The number of methoxy groups -OCH3 is 1. The van der Waals surface area contributed by atoms with Crippen molar-refractivity contribution in [3.05, 3.63) is 11.9 Å². The monoisotopic (exact) mass is 308 g/mol. The van der Waals surface area contributed by atoms with Crippen LogP contribution in [0.3, 0.4) is 0 Å². The van der Waals surface area contributed by atoms with E-state index in [-0.39, 0.29) is 12.1 Å². The number of hydrogen-bond acceptors (Lipinski definition) is 5. The van der Waals surface area contributed by atoms with Gasteiger partial charge in [0.25, 0.3) is 0 Å². The van der Waals surface area contributed by atoms with Crippen molar-refractivity contribution in [2.24, 2.45) is 10.7 Å². The van der Waals surface area contributed by atoms with Crippen LogP contribution in [0.2, 0.25) is 0 Å². The smallest absolute Gasteiger partial charge is 0.189 e. The van der Waals surface area contributed by atoms with Gasteiger partial charge in [0, 0.05) is 13.2 Å². The van der Waals surface area contributed by atoms with Crippen molar-refractivity contribution in [1.82, 2.24) is 20.3 Å². The highest BCUT2D eigenvalue weighted by atomic mass is 16.5. The van der Waals surface area contributed by atoms with Gasteiger partial charge < -0.3 is 20.5 Å². The molecule has 2 fully saturated rings. The minimum absolute atomic E-state index is 0.0205. The van der Waals surface area contributed by atoms with Crippen molar-refractivity contribution in [3.63, 3.8) is 0 Å². The predicted octanol–water partition coefficient (Wildman–Crippen LogP) is 0.211. The number of nitrogens with one attached hydrogen (secondary N) is 1. The van der Waals surface area contributed by atoms with Gasteiger partial charge in [0.15, 0.2) is 5.96 Å². The summed E-state index contributed by atoms with van der Waals surface area (Å²) in [7, 11) is 1.68. The van der Waals surface area contributed by atoms with E-state index >= 15 is 0 Å². The molecule has 2 heterocycles. The Labute approximate surface area is 130 Å². The largest absolute Gasteiger partial charge is 0.377 e. The molecule has 0 spiro atoms. The fraction of sp³-hybridized carbons (Fsp3) is 0.786. The lowest BCUT2D eigenvalue weighted by atomic mass is 10.2. The fourth-order valence-corrected chi connectivity index (χ4v) is 3.03. The SMILES string of the molecule is CO[C@@H]1COC[C@H]1n1cc(CN=C(N)NC2CCCC2)nn1. The van der Waals surface area contributed by atoms with Crippen molar-refractivity contribution in [3.8, 4) is 0 Å². The van der Waals surface area contributed by atoms with Gasteiger partial charge in [0.2, 0.25) is 0 Å². The number of nitrogens with zero attached hydrogens (tertiary/aromatic N) is 4. The Bertz CT molecular complexity index is 511. The van der Waals surface area contributed by atoms with Crippen LogP contribution in [0, 0.1) is 0 Å². The minimum Gasteiger partial charge on any atom is -0.377 e. The molecule has 2 atom stereocenters. The van der Waals surface area contributed by atoms with Gasteiger partial charge >= 0.3 is 0 Å². The molecule has 0 bridgehead atoms. The molecule has 1 saturated heterocycles. The highest BCUT2D eigenvalue weighted by molar-refractivity contribution is 5.78. The lowest BCUT2D eigenvalue weighted by Gasteiger charge is -2.15. The molecule has 3 N–H and O–H groups in total. The van der Waals surface area contributed by atoms with Crippen LogP contribution in [0.25, 0.3) is 0 Å². The molecule has 8 heteroatoms. The average Bonchev–Trinajstić information content (AvgIpc) is 3.25. The summed E-state index contributed by atoms with van der Waals surface area (Å²) < 4.78 is 12.6. The third-order valence-electron chi connectivity index (χ3n) is 4.32. The number of aliphatic imine (C=N–C) groups is 1. The minimum atomic E-state index is 0.0205. The lowest BCUT2D eigenvalue weighted by Crippen LogP contribution is -2.38. The third kappa shape index (κ3) is 3.56. The van der Waals surface area contributed by atoms with E-state index < -0.39 is 0 Å². The molecule has 0 unspecified atom stereocenters. The van der Waals surface area contributed by atoms with E-state index in [2.05, 4.69) is 20.6 Å². The average molecular weight is 308 g/mol. The van der Waals surface area contributed by atoms with Gasteiger partial charge in [-0.3, -0.25) is 0 Å². The Morgan fingerprint density at radius 1 is 1.50 bits per heavy atom. The second-order valence-electron chi connectivity index (χ2n) is 5.90. The molecule has 22 heavy (non-hydrogen) atoms. The van der Waals surface area contributed by atoms with Gasteiger partial charge in [0.05, 0.1) is 26.0 Å². The summed E-state index contributed by atoms with van der Waals surface area (Å²) in [5.41, 5.74) is 6.71. The molecule has 1 saturated carbocycles. The van der Waals surface area contributed by atoms with Crippen LogP contribution < -0.4 is 11.1 Å². The number of nitrogens with two attached hydrogens (primary N) is 1. The zero-order valence-electron chi connectivity index (χ0n) is 12.9. The van der Waals surface area contributed by atoms with Gasteiger partial charge in [-0.1, -0.05) is 18.1 Å². The van der Waals surface area contributed by atoms with Crippen LogP contribution in [0.5, 0.6) is 0 Å². The van der Waals surface area contributed by atoms with Crippen LogP contribution in [0.4, 0.5) is 0 Å². The van der Waals surface area contributed by atoms with Crippen LogP contribution in [-0.4, -0.2) is 53.4 Å². The van der Waals surface area contributed by atoms with Gasteiger partial charge in [-0.15, -0.1) is 5.10 Å². The molecule has 1 aromatic rings. The van der Waals surface area contributed by atoms with Crippen molar-refractivity contribution < 1.29 is 9.47 Å². The summed E-state index contributed by atoms with van der Waals surface area (Å²) in [6.07, 6.45) is 6.79. The maximum Gasteiger partial charge on any atom is 0.189 e. The molecule has 0 aromatic carbocycles. The molecular formula is C14H24N6O2. The summed E-state index contributed by atoms with van der Waals surface area (Å²) >= 11 is 0. The van der Waals surface area contributed by atoms with Crippen LogP contribution >= 0.6 is 0 Å². The zero-order valence-corrected chi connectivity index (χ0v) is 12.9. The molecule has 1 aliphatic heterocycles. The van der Waals surface area contributed by atoms with E-state index in [4.69, 9.17) is 15.2 Å². The van der Waals surface area contributed by atoms with E-state index in [1.165, 1.54) is 25.7 Å². The standard InChI is InChI=1S/C14H24N6O2/c1-21-13-9-22-8-12(13)20-7-11(18-19-20)6-16-14(15)17-10-4-2-3-5-10/h7,10,12-13H,2-6,8-9H2,1H3,(H3,15,16,17)/t12-,13-/m1/s1. The highest BCUT2D eigenvalue weighted by Crippen LogP contribution is 2.21. The number of aromatic nitrogens is 3. The summed E-state index contributed by atoms with van der Waals surface area (Å²) in [5.74, 6) is 0.486. The van der Waals surface area contributed by atoms with Gasteiger partial charge in [-0.2, -0.15) is 0 Å². The van der Waals surface area contributed by atoms with Gasteiger partial charge in [0.1, 0.15) is 17.8 Å². The third-order valence-corrected chi connectivity index (χ3v) is 4.32.